The Kier molecular flexibility index (Phi) is 3.74. The molecular weight excluding hydrogens is 276 g/mol. The van der Waals surface area contributed by atoms with Crippen molar-refractivity contribution in [1.82, 2.24) is 0 Å². The summed E-state index contributed by atoms with van der Waals surface area (Å²) in [5, 5.41) is 20.3. The van der Waals surface area contributed by atoms with Gasteiger partial charge in [-0.3, -0.25) is 0 Å². The van der Waals surface area contributed by atoms with Crippen molar-refractivity contribution >= 4 is 22.1 Å². The number of hydrogen-bond acceptors (Lipinski definition) is 4. The number of benzene rings is 3. The minimum Gasteiger partial charge on any atom is -0.505 e. The molecule has 0 radical (unpaired) electrons. The third-order valence-corrected chi connectivity index (χ3v) is 3.49. The SMILES string of the molecule is COc1cc(N=Nc2ccc(C)cc2)c(O)c2ccccc12. The lowest BCUT2D eigenvalue weighted by Crippen LogP contribution is -1.85. The Morgan fingerprint density at radius 3 is 2.27 bits per heavy atom. The number of rotatable bonds is 3. The molecule has 4 heteroatoms. The topological polar surface area (TPSA) is 54.2 Å². The Morgan fingerprint density at radius 1 is 0.909 bits per heavy atom. The molecule has 0 saturated carbocycles. The molecule has 0 fully saturated rings. The van der Waals surface area contributed by atoms with Crippen LogP contribution >= 0.6 is 0 Å². The predicted molar refractivity (Wildman–Crippen MR) is 87.5 cm³/mol. The van der Waals surface area contributed by atoms with Gasteiger partial charge in [0.2, 0.25) is 0 Å². The maximum absolute atomic E-state index is 10.4. The first-order valence-electron chi connectivity index (χ1n) is 6.96. The zero-order valence-corrected chi connectivity index (χ0v) is 12.4. The van der Waals surface area contributed by atoms with E-state index in [0.717, 1.165) is 16.6 Å². The Bertz CT molecular complexity index is 840. The quantitative estimate of drug-likeness (QED) is 0.668. The minimum absolute atomic E-state index is 0.104. The van der Waals surface area contributed by atoms with Gasteiger partial charge in [0.15, 0.2) is 5.75 Å². The summed E-state index contributed by atoms with van der Waals surface area (Å²) in [5.74, 6) is 0.763. The Balaban J connectivity index is 2.07. The van der Waals surface area contributed by atoms with E-state index in [-0.39, 0.29) is 5.75 Å². The van der Waals surface area contributed by atoms with Crippen molar-refractivity contribution in [1.29, 1.82) is 0 Å². The molecule has 3 rings (SSSR count). The summed E-state index contributed by atoms with van der Waals surface area (Å²) >= 11 is 0. The molecule has 0 amide bonds. The van der Waals surface area contributed by atoms with Crippen LogP contribution in [-0.4, -0.2) is 12.2 Å². The van der Waals surface area contributed by atoms with Gasteiger partial charge >= 0.3 is 0 Å². The molecule has 0 bridgehead atoms. The maximum atomic E-state index is 10.4. The summed E-state index contributed by atoms with van der Waals surface area (Å²) in [6.45, 7) is 2.01. The van der Waals surface area contributed by atoms with Crippen molar-refractivity contribution in [3.05, 3.63) is 60.2 Å². The zero-order chi connectivity index (χ0) is 15.5. The highest BCUT2D eigenvalue weighted by Crippen LogP contribution is 2.41. The first kappa shape index (κ1) is 14.1. The second-order valence-corrected chi connectivity index (χ2v) is 5.03. The van der Waals surface area contributed by atoms with E-state index in [1.807, 2.05) is 55.5 Å². The van der Waals surface area contributed by atoms with Crippen LogP contribution in [0.25, 0.3) is 10.8 Å². The van der Waals surface area contributed by atoms with Gasteiger partial charge in [-0.25, -0.2) is 0 Å². The highest BCUT2D eigenvalue weighted by atomic mass is 16.5. The molecule has 4 nitrogen and oxygen atoms in total. The largest absolute Gasteiger partial charge is 0.505 e. The maximum Gasteiger partial charge on any atom is 0.151 e. The molecule has 0 spiro atoms. The number of ether oxygens (including phenoxy) is 1. The van der Waals surface area contributed by atoms with E-state index in [1.165, 1.54) is 0 Å². The number of azo groups is 1. The van der Waals surface area contributed by atoms with E-state index < -0.39 is 0 Å². The van der Waals surface area contributed by atoms with Crippen molar-refractivity contribution in [3.8, 4) is 11.5 Å². The van der Waals surface area contributed by atoms with Crippen LogP contribution in [0.5, 0.6) is 11.5 Å². The molecule has 0 unspecified atom stereocenters. The van der Waals surface area contributed by atoms with Crippen LogP contribution in [0.1, 0.15) is 5.56 Å². The summed E-state index contributed by atoms with van der Waals surface area (Å²) in [7, 11) is 1.60. The molecule has 0 saturated heterocycles. The predicted octanol–water partition coefficient (Wildman–Crippen LogP) is 5.28. The Labute approximate surface area is 128 Å². The van der Waals surface area contributed by atoms with Crippen LogP contribution in [0, 0.1) is 6.92 Å². The minimum atomic E-state index is 0.104. The number of hydrogen-bond donors (Lipinski definition) is 1. The number of phenolic OH excluding ortho intramolecular Hbond substituents is 1. The fraction of sp³-hybridized carbons (Fsp3) is 0.111. The highest BCUT2D eigenvalue weighted by Gasteiger charge is 2.11. The van der Waals surface area contributed by atoms with Gasteiger partial charge in [0.1, 0.15) is 11.4 Å². The van der Waals surface area contributed by atoms with Gasteiger partial charge in [-0.1, -0.05) is 42.0 Å². The average molecular weight is 292 g/mol. The number of fused-ring (bicyclic) bond motifs is 1. The number of methoxy groups -OCH3 is 1. The molecule has 0 heterocycles. The van der Waals surface area contributed by atoms with E-state index in [4.69, 9.17) is 4.74 Å². The number of nitrogens with zero attached hydrogens (tertiary/aromatic N) is 2. The Morgan fingerprint density at radius 2 is 1.59 bits per heavy atom. The van der Waals surface area contributed by atoms with E-state index in [2.05, 4.69) is 10.2 Å². The van der Waals surface area contributed by atoms with Gasteiger partial charge in [-0.05, 0) is 19.1 Å². The monoisotopic (exact) mass is 292 g/mol. The molecule has 0 aliphatic heterocycles. The zero-order valence-electron chi connectivity index (χ0n) is 12.4. The summed E-state index contributed by atoms with van der Waals surface area (Å²) in [6, 6.07) is 16.9. The van der Waals surface area contributed by atoms with Crippen molar-refractivity contribution in [2.24, 2.45) is 10.2 Å². The van der Waals surface area contributed by atoms with Gasteiger partial charge in [-0.2, -0.15) is 5.11 Å². The normalized spacial score (nSPS) is 11.2. The summed E-state index contributed by atoms with van der Waals surface area (Å²) in [6.07, 6.45) is 0. The molecule has 1 N–H and O–H groups in total. The van der Waals surface area contributed by atoms with E-state index >= 15 is 0 Å². The van der Waals surface area contributed by atoms with Crippen molar-refractivity contribution in [2.75, 3.05) is 7.11 Å². The first-order valence-corrected chi connectivity index (χ1v) is 6.96. The fourth-order valence-electron chi connectivity index (χ4n) is 2.28. The van der Waals surface area contributed by atoms with Gasteiger partial charge in [0, 0.05) is 16.8 Å². The summed E-state index contributed by atoms with van der Waals surface area (Å²) in [5.41, 5.74) is 2.28. The lowest BCUT2D eigenvalue weighted by atomic mass is 10.1. The van der Waals surface area contributed by atoms with E-state index in [1.54, 1.807) is 13.2 Å². The molecule has 0 atom stereocenters. The lowest BCUT2D eigenvalue weighted by Gasteiger charge is -2.09. The second-order valence-electron chi connectivity index (χ2n) is 5.03. The van der Waals surface area contributed by atoms with Crippen molar-refractivity contribution in [2.45, 2.75) is 6.92 Å². The third kappa shape index (κ3) is 2.63. The number of aromatic hydroxyl groups is 1. The number of aryl methyl sites for hydroxylation is 1. The Hall–Kier alpha value is -2.88. The number of phenols is 1. The van der Waals surface area contributed by atoms with Crippen molar-refractivity contribution in [3.63, 3.8) is 0 Å². The molecule has 0 aliphatic carbocycles. The highest BCUT2D eigenvalue weighted by molar-refractivity contribution is 5.97. The van der Waals surface area contributed by atoms with E-state index in [0.29, 0.717) is 16.8 Å². The second kappa shape index (κ2) is 5.85. The van der Waals surface area contributed by atoms with Gasteiger partial charge in [0.25, 0.3) is 0 Å². The first-order chi connectivity index (χ1) is 10.7. The van der Waals surface area contributed by atoms with Crippen LogP contribution in [0.3, 0.4) is 0 Å². The van der Waals surface area contributed by atoms with Crippen LogP contribution in [-0.2, 0) is 0 Å². The van der Waals surface area contributed by atoms with Gasteiger partial charge < -0.3 is 9.84 Å². The molecule has 3 aromatic carbocycles. The molecular formula is C18H16N2O2. The fourth-order valence-corrected chi connectivity index (χ4v) is 2.28. The summed E-state index contributed by atoms with van der Waals surface area (Å²) < 4.78 is 5.38. The standard InChI is InChI=1S/C18H16N2O2/c1-12-7-9-13(10-8-12)19-20-16-11-17(22-2)14-5-3-4-6-15(14)18(16)21/h3-11,21H,1-2H3. The van der Waals surface area contributed by atoms with Gasteiger partial charge in [-0.15, -0.1) is 5.11 Å². The van der Waals surface area contributed by atoms with E-state index in [9.17, 15) is 5.11 Å². The van der Waals surface area contributed by atoms with Crippen molar-refractivity contribution < 1.29 is 9.84 Å². The lowest BCUT2D eigenvalue weighted by molar-refractivity contribution is 0.418. The third-order valence-electron chi connectivity index (χ3n) is 3.49. The van der Waals surface area contributed by atoms with Crippen LogP contribution in [0.4, 0.5) is 11.4 Å². The molecule has 0 aromatic heterocycles. The van der Waals surface area contributed by atoms with Crippen LogP contribution in [0.15, 0.2) is 64.8 Å². The molecule has 3 aromatic rings. The van der Waals surface area contributed by atoms with Crippen LogP contribution in [0.2, 0.25) is 0 Å². The smallest absolute Gasteiger partial charge is 0.151 e. The van der Waals surface area contributed by atoms with Crippen LogP contribution < -0.4 is 4.74 Å². The van der Waals surface area contributed by atoms with Gasteiger partial charge in [0.05, 0.1) is 12.8 Å². The average Bonchev–Trinajstić information content (AvgIpc) is 2.56. The molecule has 22 heavy (non-hydrogen) atoms. The summed E-state index contributed by atoms with van der Waals surface area (Å²) in [4.78, 5) is 0. The molecule has 110 valence electrons. The molecule has 0 aliphatic rings.